The van der Waals surface area contributed by atoms with Crippen molar-refractivity contribution in [3.8, 4) is 5.75 Å². The Balaban J connectivity index is 1.79. The van der Waals surface area contributed by atoms with Gasteiger partial charge < -0.3 is 18.4 Å². The van der Waals surface area contributed by atoms with Gasteiger partial charge in [0, 0.05) is 29.9 Å². The van der Waals surface area contributed by atoms with E-state index in [1.54, 1.807) is 12.1 Å². The predicted molar refractivity (Wildman–Crippen MR) is 82.0 cm³/mol. The molecule has 2 heterocycles. The van der Waals surface area contributed by atoms with Crippen LogP contribution in [0.5, 0.6) is 5.75 Å². The molecule has 1 spiro atoms. The summed E-state index contributed by atoms with van der Waals surface area (Å²) in [6.45, 7) is 1.74. The van der Waals surface area contributed by atoms with Gasteiger partial charge in [-0.05, 0) is 13.0 Å². The number of cyclic esters (lactones) is 1. The van der Waals surface area contributed by atoms with E-state index in [0.717, 1.165) is 5.56 Å². The summed E-state index contributed by atoms with van der Waals surface area (Å²) in [6.07, 6.45) is -0.725. The van der Waals surface area contributed by atoms with E-state index in [1.165, 1.54) is 6.07 Å². The Hall–Kier alpha value is -2.43. The van der Waals surface area contributed by atoms with Crippen molar-refractivity contribution < 1.29 is 44.8 Å². The van der Waals surface area contributed by atoms with Gasteiger partial charge in [0.15, 0.2) is 5.60 Å². The van der Waals surface area contributed by atoms with Crippen molar-refractivity contribution in [3.63, 3.8) is 0 Å². The zero-order valence-corrected chi connectivity index (χ0v) is 14.6. The van der Waals surface area contributed by atoms with Crippen LogP contribution in [-0.2, 0) is 23.8 Å². The highest BCUT2D eigenvalue weighted by Crippen LogP contribution is 2.55. The van der Waals surface area contributed by atoms with Gasteiger partial charge in [-0.2, -0.15) is 21.6 Å². The molecule has 2 atom stereocenters. The zero-order valence-electron chi connectivity index (χ0n) is 13.8. The van der Waals surface area contributed by atoms with E-state index in [0.29, 0.717) is 5.56 Å². The average molecular weight is 406 g/mol. The first-order chi connectivity index (χ1) is 12.5. The number of rotatable bonds is 2. The molecule has 0 bridgehead atoms. The number of fused-ring (bicyclic) bond motifs is 3. The molecule has 1 aliphatic carbocycles. The summed E-state index contributed by atoms with van der Waals surface area (Å²) in [7, 11) is -5.91. The SMILES string of the molecule is Cc1ccc2c(c1)[C@H]1C[C@@]3(COC(=O)O3)CC1=C(OS(=O)(=O)C(F)(F)F)O2. The summed E-state index contributed by atoms with van der Waals surface area (Å²) < 4.78 is 80.9. The van der Waals surface area contributed by atoms with E-state index in [2.05, 4.69) is 4.18 Å². The van der Waals surface area contributed by atoms with Crippen LogP contribution in [0, 0.1) is 6.92 Å². The summed E-state index contributed by atoms with van der Waals surface area (Å²) in [4.78, 5) is 11.4. The van der Waals surface area contributed by atoms with E-state index < -0.39 is 39.2 Å². The van der Waals surface area contributed by atoms with Gasteiger partial charge in [0.1, 0.15) is 12.4 Å². The maximum atomic E-state index is 12.7. The molecule has 27 heavy (non-hydrogen) atoms. The van der Waals surface area contributed by atoms with Gasteiger partial charge in [0.05, 0.1) is 0 Å². The van der Waals surface area contributed by atoms with E-state index in [4.69, 9.17) is 14.2 Å². The second-order valence-electron chi connectivity index (χ2n) is 6.70. The lowest BCUT2D eigenvalue weighted by Gasteiger charge is -2.26. The van der Waals surface area contributed by atoms with Crippen molar-refractivity contribution in [2.75, 3.05) is 6.61 Å². The molecule has 2 aliphatic heterocycles. The molecule has 1 saturated heterocycles. The third-order valence-electron chi connectivity index (χ3n) is 4.74. The minimum atomic E-state index is -5.91. The number of carbonyl (C=O) groups excluding carboxylic acids is 1. The Bertz CT molecular complexity index is 967. The molecule has 0 amide bonds. The standard InChI is InChI=1S/C16H13F3O7S/c1-8-2-3-12-9(4-8)10-5-15(7-23-14(20)25-15)6-11(10)13(24-12)26-27(21,22)16(17,18)19/h2-4,10H,5-7H2,1H3/t10-,15+/m1/s1. The van der Waals surface area contributed by atoms with E-state index in [1.807, 2.05) is 6.92 Å². The molecule has 0 aromatic heterocycles. The van der Waals surface area contributed by atoms with Gasteiger partial charge in [-0.15, -0.1) is 0 Å². The minimum Gasteiger partial charge on any atom is -0.430 e. The van der Waals surface area contributed by atoms with Gasteiger partial charge in [-0.25, -0.2) is 4.79 Å². The van der Waals surface area contributed by atoms with Crippen LogP contribution in [-0.4, -0.2) is 32.3 Å². The van der Waals surface area contributed by atoms with Crippen molar-refractivity contribution >= 4 is 16.3 Å². The van der Waals surface area contributed by atoms with Crippen LogP contribution >= 0.6 is 0 Å². The number of ether oxygens (including phenoxy) is 3. The third-order valence-corrected chi connectivity index (χ3v) is 5.67. The number of halogens is 3. The third kappa shape index (κ3) is 2.89. The molecule has 3 aliphatic rings. The van der Waals surface area contributed by atoms with Crippen LogP contribution in [0.1, 0.15) is 29.9 Å². The molecule has 0 N–H and O–H groups in total. The monoisotopic (exact) mass is 406 g/mol. The fourth-order valence-corrected chi connectivity index (χ4v) is 4.01. The molecule has 1 saturated carbocycles. The fraction of sp³-hybridized carbons (Fsp3) is 0.438. The molecule has 2 fully saturated rings. The molecule has 0 unspecified atom stereocenters. The lowest BCUT2D eigenvalue weighted by molar-refractivity contribution is -0.0544. The second-order valence-corrected chi connectivity index (χ2v) is 8.23. The van der Waals surface area contributed by atoms with E-state index >= 15 is 0 Å². The van der Waals surface area contributed by atoms with Crippen molar-refractivity contribution in [2.24, 2.45) is 0 Å². The Morgan fingerprint density at radius 1 is 1.30 bits per heavy atom. The van der Waals surface area contributed by atoms with Crippen molar-refractivity contribution in [1.29, 1.82) is 0 Å². The van der Waals surface area contributed by atoms with Crippen LogP contribution in [0.4, 0.5) is 18.0 Å². The molecule has 7 nitrogen and oxygen atoms in total. The van der Waals surface area contributed by atoms with Gasteiger partial charge in [-0.1, -0.05) is 17.7 Å². The molecular weight excluding hydrogens is 393 g/mol. The lowest BCUT2D eigenvalue weighted by atomic mass is 9.90. The summed E-state index contributed by atoms with van der Waals surface area (Å²) in [5.74, 6) is -1.10. The van der Waals surface area contributed by atoms with Crippen molar-refractivity contribution in [1.82, 2.24) is 0 Å². The highest BCUT2D eigenvalue weighted by molar-refractivity contribution is 7.87. The number of aryl methyl sites for hydroxylation is 1. The van der Waals surface area contributed by atoms with Gasteiger partial charge in [0.25, 0.3) is 0 Å². The first kappa shape index (κ1) is 18.0. The zero-order chi connectivity index (χ0) is 19.6. The largest absolute Gasteiger partial charge is 0.534 e. The fourth-order valence-electron chi connectivity index (χ4n) is 3.58. The molecule has 146 valence electrons. The number of hydrogen-bond donors (Lipinski definition) is 0. The molecule has 11 heteroatoms. The van der Waals surface area contributed by atoms with E-state index in [-0.39, 0.29) is 30.8 Å². The Kier molecular flexibility index (Phi) is 3.68. The summed E-state index contributed by atoms with van der Waals surface area (Å²) >= 11 is 0. The minimum absolute atomic E-state index is 0.0561. The van der Waals surface area contributed by atoms with Gasteiger partial charge in [-0.3, -0.25) is 0 Å². The molecule has 1 aromatic carbocycles. The maximum Gasteiger partial charge on any atom is 0.534 e. The van der Waals surface area contributed by atoms with Gasteiger partial charge >= 0.3 is 27.7 Å². The van der Waals surface area contributed by atoms with Crippen LogP contribution in [0.15, 0.2) is 29.7 Å². The number of benzene rings is 1. The predicted octanol–water partition coefficient (Wildman–Crippen LogP) is 3.25. The second kappa shape index (κ2) is 5.54. The smallest absolute Gasteiger partial charge is 0.430 e. The van der Waals surface area contributed by atoms with Crippen molar-refractivity contribution in [2.45, 2.75) is 36.8 Å². The van der Waals surface area contributed by atoms with Crippen LogP contribution in [0.3, 0.4) is 0 Å². The highest BCUT2D eigenvalue weighted by Gasteiger charge is 2.56. The van der Waals surface area contributed by atoms with Crippen LogP contribution in [0.25, 0.3) is 0 Å². The first-order valence-corrected chi connectivity index (χ1v) is 9.28. The topological polar surface area (TPSA) is 88.1 Å². The Labute approximate surface area is 151 Å². The number of hydrogen-bond acceptors (Lipinski definition) is 7. The van der Waals surface area contributed by atoms with Crippen molar-refractivity contribution in [3.05, 3.63) is 40.8 Å². The molecular formula is C16H13F3O7S. The first-order valence-electron chi connectivity index (χ1n) is 7.88. The highest BCUT2D eigenvalue weighted by atomic mass is 32.2. The lowest BCUT2D eigenvalue weighted by Crippen LogP contribution is -2.28. The maximum absolute atomic E-state index is 12.7. The average Bonchev–Trinajstić information content (AvgIpc) is 3.10. The number of alkyl halides is 3. The summed E-state index contributed by atoms with van der Waals surface area (Å²) in [5, 5.41) is 0. The van der Waals surface area contributed by atoms with Crippen LogP contribution < -0.4 is 4.74 Å². The Morgan fingerprint density at radius 2 is 2.04 bits per heavy atom. The molecule has 1 aromatic rings. The summed E-state index contributed by atoms with van der Waals surface area (Å²) in [5.41, 5.74) is -4.99. The molecule has 4 rings (SSSR count). The van der Waals surface area contributed by atoms with E-state index in [9.17, 15) is 26.4 Å². The summed E-state index contributed by atoms with van der Waals surface area (Å²) in [6, 6.07) is 4.97. The molecule has 0 radical (unpaired) electrons. The van der Waals surface area contributed by atoms with Crippen LogP contribution in [0.2, 0.25) is 0 Å². The Morgan fingerprint density at radius 3 is 2.67 bits per heavy atom. The normalized spacial score (nSPS) is 27.0. The number of carbonyl (C=O) groups is 1. The quantitative estimate of drug-likeness (QED) is 0.423. The van der Waals surface area contributed by atoms with Gasteiger partial charge in [0.2, 0.25) is 0 Å².